The molecule has 0 saturated carbocycles. The van der Waals surface area contributed by atoms with E-state index in [2.05, 4.69) is 0 Å². The van der Waals surface area contributed by atoms with E-state index in [1.165, 1.54) is 12.2 Å². The van der Waals surface area contributed by atoms with E-state index in [0.717, 1.165) is 16.5 Å². The highest BCUT2D eigenvalue weighted by atomic mass is 32.2. The molecule has 0 spiro atoms. The van der Waals surface area contributed by atoms with Gasteiger partial charge < -0.3 is 14.6 Å². The van der Waals surface area contributed by atoms with Gasteiger partial charge in [-0.05, 0) is 56.2 Å². The minimum absolute atomic E-state index is 0.105. The summed E-state index contributed by atoms with van der Waals surface area (Å²) in [5.41, 5.74) is 0.825. The van der Waals surface area contributed by atoms with Crippen LogP contribution in [-0.2, 0) is 9.53 Å². The SMILES string of the molecule is Cc1cc(SCC(C)OC2=CCC(C(F)(F)F)C=C2)ccc1OCC(=O)O. The first-order valence-electron chi connectivity index (χ1n) is 8.35. The topological polar surface area (TPSA) is 55.8 Å². The van der Waals surface area contributed by atoms with Crippen molar-refractivity contribution < 1.29 is 32.5 Å². The molecule has 8 heteroatoms. The molecule has 0 saturated heterocycles. The lowest BCUT2D eigenvalue weighted by atomic mass is 10.00. The van der Waals surface area contributed by atoms with Gasteiger partial charge in [-0.15, -0.1) is 11.8 Å². The Morgan fingerprint density at radius 3 is 2.70 bits per heavy atom. The van der Waals surface area contributed by atoms with Crippen LogP contribution in [0.15, 0.2) is 47.1 Å². The van der Waals surface area contributed by atoms with E-state index < -0.39 is 24.7 Å². The van der Waals surface area contributed by atoms with E-state index >= 15 is 0 Å². The molecular weight excluding hydrogens is 381 g/mol. The molecule has 0 radical (unpaired) electrons. The number of hydrogen-bond donors (Lipinski definition) is 1. The Morgan fingerprint density at radius 1 is 1.41 bits per heavy atom. The van der Waals surface area contributed by atoms with Crippen molar-refractivity contribution in [1.29, 1.82) is 0 Å². The molecule has 2 rings (SSSR count). The van der Waals surface area contributed by atoms with Crippen LogP contribution in [0.3, 0.4) is 0 Å². The Bertz CT molecular complexity index is 728. The summed E-state index contributed by atoms with van der Waals surface area (Å²) in [5.74, 6) is -0.895. The number of rotatable bonds is 8. The van der Waals surface area contributed by atoms with Gasteiger partial charge in [-0.1, -0.05) is 6.08 Å². The number of hydrogen-bond acceptors (Lipinski definition) is 4. The summed E-state index contributed by atoms with van der Waals surface area (Å²) in [6, 6.07) is 5.44. The Hall–Kier alpha value is -2.09. The van der Waals surface area contributed by atoms with Gasteiger partial charge >= 0.3 is 12.1 Å². The maximum Gasteiger partial charge on any atom is 0.395 e. The number of benzene rings is 1. The molecule has 27 heavy (non-hydrogen) atoms. The summed E-state index contributed by atoms with van der Waals surface area (Å²) in [7, 11) is 0. The number of aryl methyl sites for hydroxylation is 1. The lowest BCUT2D eigenvalue weighted by Crippen LogP contribution is -2.22. The van der Waals surface area contributed by atoms with Crippen LogP contribution in [0.2, 0.25) is 0 Å². The zero-order valence-corrected chi connectivity index (χ0v) is 15.8. The predicted octanol–water partition coefficient (Wildman–Crippen LogP) is 4.98. The molecule has 0 fully saturated rings. The van der Waals surface area contributed by atoms with E-state index in [4.69, 9.17) is 14.6 Å². The molecule has 1 aromatic rings. The molecule has 4 nitrogen and oxygen atoms in total. The van der Waals surface area contributed by atoms with Gasteiger partial charge in [-0.3, -0.25) is 0 Å². The van der Waals surface area contributed by atoms with Gasteiger partial charge in [-0.2, -0.15) is 13.2 Å². The number of carboxylic acid groups (broad SMARTS) is 1. The molecule has 1 aliphatic carbocycles. The second-order valence-corrected chi connectivity index (χ2v) is 7.29. The van der Waals surface area contributed by atoms with Crippen molar-refractivity contribution in [2.24, 2.45) is 5.92 Å². The first kappa shape index (κ1) is 21.2. The minimum Gasteiger partial charge on any atom is -0.490 e. The largest absolute Gasteiger partial charge is 0.490 e. The van der Waals surface area contributed by atoms with Crippen molar-refractivity contribution >= 4 is 17.7 Å². The normalized spacial score (nSPS) is 18.0. The fraction of sp³-hybridized carbons (Fsp3) is 0.421. The maximum absolute atomic E-state index is 12.6. The average molecular weight is 402 g/mol. The second-order valence-electron chi connectivity index (χ2n) is 6.20. The summed E-state index contributed by atoms with van der Waals surface area (Å²) in [5, 5.41) is 8.65. The number of carboxylic acids is 1. The highest BCUT2D eigenvalue weighted by molar-refractivity contribution is 7.99. The van der Waals surface area contributed by atoms with Crippen LogP contribution in [0.25, 0.3) is 0 Å². The monoisotopic (exact) mass is 402 g/mol. The first-order valence-corrected chi connectivity index (χ1v) is 9.33. The van der Waals surface area contributed by atoms with Crippen LogP contribution in [0.5, 0.6) is 5.75 Å². The highest BCUT2D eigenvalue weighted by Crippen LogP contribution is 2.33. The fourth-order valence-corrected chi connectivity index (χ4v) is 3.34. The van der Waals surface area contributed by atoms with E-state index in [-0.39, 0.29) is 12.5 Å². The number of alkyl halides is 3. The summed E-state index contributed by atoms with van der Waals surface area (Å²) in [6.45, 7) is 3.29. The molecule has 1 aliphatic rings. The Balaban J connectivity index is 1.81. The molecule has 0 amide bonds. The molecule has 148 valence electrons. The zero-order valence-electron chi connectivity index (χ0n) is 15.0. The van der Waals surface area contributed by atoms with Gasteiger partial charge in [0.2, 0.25) is 0 Å². The van der Waals surface area contributed by atoms with Crippen LogP contribution in [0.1, 0.15) is 18.9 Å². The minimum atomic E-state index is -4.22. The van der Waals surface area contributed by atoms with E-state index in [1.807, 2.05) is 26.0 Å². The Morgan fingerprint density at radius 2 is 2.15 bits per heavy atom. The summed E-state index contributed by atoms with van der Waals surface area (Å²) >= 11 is 1.54. The smallest absolute Gasteiger partial charge is 0.395 e. The lowest BCUT2D eigenvalue weighted by Gasteiger charge is -2.21. The number of allylic oxidation sites excluding steroid dienone is 3. The average Bonchev–Trinajstić information content (AvgIpc) is 2.58. The van der Waals surface area contributed by atoms with Crippen molar-refractivity contribution in [2.45, 2.75) is 37.4 Å². The lowest BCUT2D eigenvalue weighted by molar-refractivity contribution is -0.160. The third-order valence-electron chi connectivity index (χ3n) is 3.81. The molecule has 0 heterocycles. The van der Waals surface area contributed by atoms with E-state index in [1.54, 1.807) is 17.8 Å². The van der Waals surface area contributed by atoms with Crippen LogP contribution < -0.4 is 4.74 Å². The van der Waals surface area contributed by atoms with Gasteiger partial charge in [-0.25, -0.2) is 4.79 Å². The molecule has 0 aromatic heterocycles. The van der Waals surface area contributed by atoms with E-state index in [0.29, 0.717) is 17.3 Å². The molecule has 0 bridgehead atoms. The number of carbonyl (C=O) groups is 1. The first-order chi connectivity index (χ1) is 12.6. The number of halogens is 3. The fourth-order valence-electron chi connectivity index (χ4n) is 2.42. The van der Waals surface area contributed by atoms with Gasteiger partial charge in [0.1, 0.15) is 17.6 Å². The van der Waals surface area contributed by atoms with Crippen LogP contribution in [-0.4, -0.2) is 35.7 Å². The number of aliphatic carboxylic acids is 1. The van der Waals surface area contributed by atoms with Crippen molar-refractivity contribution in [3.8, 4) is 5.75 Å². The number of ether oxygens (including phenoxy) is 2. The van der Waals surface area contributed by atoms with Crippen LogP contribution >= 0.6 is 11.8 Å². The molecule has 2 unspecified atom stereocenters. The second kappa shape index (κ2) is 9.21. The van der Waals surface area contributed by atoms with Crippen molar-refractivity contribution in [3.63, 3.8) is 0 Å². The quantitative estimate of drug-likeness (QED) is 0.622. The predicted molar refractivity (Wildman–Crippen MR) is 97.0 cm³/mol. The summed E-state index contributed by atoms with van der Waals surface area (Å²) < 4.78 is 48.7. The molecular formula is C19H21F3O4S. The maximum atomic E-state index is 12.6. The van der Waals surface area contributed by atoms with Crippen LogP contribution in [0.4, 0.5) is 13.2 Å². The Kier molecular flexibility index (Phi) is 7.24. The summed E-state index contributed by atoms with van der Waals surface area (Å²) in [6.07, 6.45) is -0.533. The van der Waals surface area contributed by atoms with Gasteiger partial charge in [0.25, 0.3) is 0 Å². The van der Waals surface area contributed by atoms with E-state index in [9.17, 15) is 18.0 Å². The third kappa shape index (κ3) is 6.86. The highest BCUT2D eigenvalue weighted by Gasteiger charge is 2.37. The van der Waals surface area contributed by atoms with Gasteiger partial charge in [0.15, 0.2) is 6.61 Å². The van der Waals surface area contributed by atoms with Gasteiger partial charge in [0, 0.05) is 10.6 Å². The molecule has 0 aliphatic heterocycles. The van der Waals surface area contributed by atoms with Crippen molar-refractivity contribution in [2.75, 3.05) is 12.4 Å². The molecule has 2 atom stereocenters. The summed E-state index contributed by atoms with van der Waals surface area (Å²) in [4.78, 5) is 11.5. The van der Waals surface area contributed by atoms with Crippen LogP contribution in [0, 0.1) is 12.8 Å². The standard InChI is InChI=1S/C19H21F3O4S/c1-12-9-16(7-8-17(12)25-10-18(23)24)27-11-13(2)26-15-5-3-14(4-6-15)19(20,21)22/h3,5-9,13-14H,4,10-11H2,1-2H3,(H,23,24). The zero-order chi connectivity index (χ0) is 20.0. The Labute approximate surface area is 160 Å². The van der Waals surface area contributed by atoms with Crippen molar-refractivity contribution in [1.82, 2.24) is 0 Å². The van der Waals surface area contributed by atoms with Crippen molar-refractivity contribution in [3.05, 3.63) is 47.7 Å². The van der Waals surface area contributed by atoms with Gasteiger partial charge in [0.05, 0.1) is 5.92 Å². The molecule has 1 N–H and O–H groups in total. The molecule has 1 aromatic carbocycles. The number of thioether (sulfide) groups is 1. The third-order valence-corrected chi connectivity index (χ3v) is 5.03.